The average Bonchev–Trinajstić information content (AvgIpc) is 2.35. The van der Waals surface area contributed by atoms with E-state index in [0.29, 0.717) is 0 Å². The SMILES string of the molecule is CC(O)C(COCC(C(C)O)(C(C)O)C(C)O)(C(C)O)C(C)O. The highest BCUT2D eigenvalue weighted by Gasteiger charge is 2.48. The molecule has 0 aromatic carbocycles. The van der Waals surface area contributed by atoms with E-state index < -0.39 is 47.5 Å². The van der Waals surface area contributed by atoms with Crippen molar-refractivity contribution in [3.8, 4) is 0 Å². The zero-order chi connectivity index (χ0) is 18.6. The first kappa shape index (κ1) is 22.7. The van der Waals surface area contributed by atoms with Crippen molar-refractivity contribution >= 4 is 0 Å². The minimum absolute atomic E-state index is 0.200. The van der Waals surface area contributed by atoms with Crippen molar-refractivity contribution < 1.29 is 35.4 Å². The van der Waals surface area contributed by atoms with Gasteiger partial charge in [0.25, 0.3) is 0 Å². The number of hydrogen-bond donors (Lipinski definition) is 6. The van der Waals surface area contributed by atoms with E-state index in [-0.39, 0.29) is 13.2 Å². The lowest BCUT2D eigenvalue weighted by Gasteiger charge is -2.44. The number of ether oxygens (including phenoxy) is 1. The van der Waals surface area contributed by atoms with Gasteiger partial charge in [-0.2, -0.15) is 0 Å². The molecular weight excluding hydrogens is 304 g/mol. The molecule has 0 heterocycles. The molecule has 0 aromatic heterocycles. The average molecular weight is 338 g/mol. The molecule has 7 nitrogen and oxygen atoms in total. The highest BCUT2D eigenvalue weighted by atomic mass is 16.5. The van der Waals surface area contributed by atoms with E-state index in [1.807, 2.05) is 0 Å². The van der Waals surface area contributed by atoms with Crippen molar-refractivity contribution in [2.75, 3.05) is 13.2 Å². The van der Waals surface area contributed by atoms with Gasteiger partial charge in [-0.1, -0.05) is 0 Å². The van der Waals surface area contributed by atoms with Gasteiger partial charge in [-0.3, -0.25) is 0 Å². The summed E-state index contributed by atoms with van der Waals surface area (Å²) in [4.78, 5) is 0. The summed E-state index contributed by atoms with van der Waals surface area (Å²) in [5, 5.41) is 60.1. The molecule has 0 spiro atoms. The molecule has 140 valence electrons. The Morgan fingerprint density at radius 2 is 0.696 bits per heavy atom. The van der Waals surface area contributed by atoms with Crippen LogP contribution in [0.4, 0.5) is 0 Å². The standard InChI is InChI=1S/C16H34O7/c1-9(17)15(10(2)18,11(3)19)7-23-8-16(12(4)20,13(5)21)14(6)22/h9-14,17-22H,7-8H2,1-6H3. The first-order chi connectivity index (χ1) is 10.4. The molecule has 0 amide bonds. The Hall–Kier alpha value is -0.280. The topological polar surface area (TPSA) is 131 Å². The maximum Gasteiger partial charge on any atom is 0.0705 e. The maximum atomic E-state index is 10.0. The van der Waals surface area contributed by atoms with Crippen LogP contribution in [-0.2, 0) is 4.74 Å². The molecule has 6 unspecified atom stereocenters. The van der Waals surface area contributed by atoms with Gasteiger partial charge in [0, 0.05) is 0 Å². The number of hydrogen-bond acceptors (Lipinski definition) is 7. The Kier molecular flexibility index (Phi) is 8.60. The van der Waals surface area contributed by atoms with E-state index >= 15 is 0 Å². The molecule has 0 aromatic rings. The van der Waals surface area contributed by atoms with Gasteiger partial charge >= 0.3 is 0 Å². The van der Waals surface area contributed by atoms with E-state index in [9.17, 15) is 30.6 Å². The highest BCUT2D eigenvalue weighted by Crippen LogP contribution is 2.35. The zero-order valence-electron chi connectivity index (χ0n) is 15.0. The zero-order valence-corrected chi connectivity index (χ0v) is 15.0. The molecular formula is C16H34O7. The summed E-state index contributed by atoms with van der Waals surface area (Å²) < 4.78 is 5.57. The second-order valence-corrected chi connectivity index (χ2v) is 6.77. The maximum absolute atomic E-state index is 10.0. The second kappa shape index (κ2) is 8.71. The lowest BCUT2D eigenvalue weighted by atomic mass is 9.73. The first-order valence-electron chi connectivity index (χ1n) is 8.03. The van der Waals surface area contributed by atoms with Crippen LogP contribution < -0.4 is 0 Å². The second-order valence-electron chi connectivity index (χ2n) is 6.77. The lowest BCUT2D eigenvalue weighted by Crippen LogP contribution is -2.57. The van der Waals surface area contributed by atoms with Crippen molar-refractivity contribution in [1.29, 1.82) is 0 Å². The van der Waals surface area contributed by atoms with Crippen LogP contribution in [0.15, 0.2) is 0 Å². The van der Waals surface area contributed by atoms with Gasteiger partial charge in [0.1, 0.15) is 0 Å². The lowest BCUT2D eigenvalue weighted by molar-refractivity contribution is -0.193. The van der Waals surface area contributed by atoms with Gasteiger partial charge < -0.3 is 35.4 Å². The summed E-state index contributed by atoms with van der Waals surface area (Å²) >= 11 is 0. The normalized spacial score (nSPS) is 25.6. The Morgan fingerprint density at radius 1 is 0.522 bits per heavy atom. The summed E-state index contributed by atoms with van der Waals surface area (Å²) in [6, 6.07) is 0. The van der Waals surface area contributed by atoms with E-state index in [2.05, 4.69) is 0 Å². The van der Waals surface area contributed by atoms with Crippen molar-refractivity contribution in [2.24, 2.45) is 10.8 Å². The summed E-state index contributed by atoms with van der Waals surface area (Å²) in [5.74, 6) is 0. The molecule has 6 atom stereocenters. The van der Waals surface area contributed by atoms with E-state index in [0.717, 1.165) is 0 Å². The largest absolute Gasteiger partial charge is 0.393 e. The fraction of sp³-hybridized carbons (Fsp3) is 1.00. The molecule has 0 saturated heterocycles. The highest BCUT2D eigenvalue weighted by molar-refractivity contribution is 4.96. The third kappa shape index (κ3) is 4.42. The minimum atomic E-state index is -1.32. The summed E-state index contributed by atoms with van der Waals surface area (Å²) in [7, 11) is 0. The van der Waals surface area contributed by atoms with Gasteiger partial charge in [0.05, 0.1) is 60.7 Å². The van der Waals surface area contributed by atoms with Crippen molar-refractivity contribution in [3.05, 3.63) is 0 Å². The molecule has 0 aliphatic rings. The molecule has 7 heteroatoms. The van der Waals surface area contributed by atoms with E-state index in [4.69, 9.17) is 4.74 Å². The van der Waals surface area contributed by atoms with Crippen LogP contribution in [0, 0.1) is 10.8 Å². The van der Waals surface area contributed by atoms with Gasteiger partial charge in [-0.25, -0.2) is 0 Å². The Labute approximate surface area is 138 Å². The first-order valence-corrected chi connectivity index (χ1v) is 8.03. The van der Waals surface area contributed by atoms with Crippen LogP contribution in [-0.4, -0.2) is 80.5 Å². The summed E-state index contributed by atoms with van der Waals surface area (Å²) in [5.41, 5.74) is -2.64. The van der Waals surface area contributed by atoms with Crippen LogP contribution in [0.5, 0.6) is 0 Å². The van der Waals surface area contributed by atoms with Gasteiger partial charge in [0.15, 0.2) is 0 Å². The van der Waals surface area contributed by atoms with Crippen LogP contribution in [0.3, 0.4) is 0 Å². The van der Waals surface area contributed by atoms with Crippen LogP contribution in [0.1, 0.15) is 41.5 Å². The fourth-order valence-corrected chi connectivity index (χ4v) is 3.22. The fourth-order valence-electron chi connectivity index (χ4n) is 3.22. The number of aliphatic hydroxyl groups is 6. The Bertz CT molecular complexity index is 262. The molecule has 6 N–H and O–H groups in total. The molecule has 0 radical (unpaired) electrons. The van der Waals surface area contributed by atoms with Crippen molar-refractivity contribution in [3.63, 3.8) is 0 Å². The van der Waals surface area contributed by atoms with Gasteiger partial charge in [0.2, 0.25) is 0 Å². The van der Waals surface area contributed by atoms with Gasteiger partial charge in [-0.05, 0) is 41.5 Å². The number of rotatable bonds is 10. The number of aliphatic hydroxyl groups excluding tert-OH is 6. The van der Waals surface area contributed by atoms with Crippen LogP contribution in [0.25, 0.3) is 0 Å². The summed E-state index contributed by atoms with van der Waals surface area (Å²) in [6.07, 6.45) is -6.32. The van der Waals surface area contributed by atoms with Crippen molar-refractivity contribution in [1.82, 2.24) is 0 Å². The summed E-state index contributed by atoms with van der Waals surface area (Å²) in [6.45, 7) is 8.31. The molecule has 0 fully saturated rings. The smallest absolute Gasteiger partial charge is 0.0705 e. The molecule has 23 heavy (non-hydrogen) atoms. The van der Waals surface area contributed by atoms with E-state index in [1.54, 1.807) is 0 Å². The molecule has 0 aliphatic heterocycles. The predicted molar refractivity (Wildman–Crippen MR) is 85.8 cm³/mol. The van der Waals surface area contributed by atoms with Crippen LogP contribution in [0.2, 0.25) is 0 Å². The minimum Gasteiger partial charge on any atom is -0.393 e. The van der Waals surface area contributed by atoms with E-state index in [1.165, 1.54) is 41.5 Å². The molecule has 0 saturated carbocycles. The quantitative estimate of drug-likeness (QED) is 0.309. The third-order valence-electron chi connectivity index (χ3n) is 5.37. The predicted octanol–water partition coefficient (Wildman–Crippen LogP) is -0.739. The third-order valence-corrected chi connectivity index (χ3v) is 5.37. The Morgan fingerprint density at radius 3 is 0.826 bits per heavy atom. The molecule has 0 bridgehead atoms. The molecule has 0 aliphatic carbocycles. The van der Waals surface area contributed by atoms with Gasteiger partial charge in [-0.15, -0.1) is 0 Å². The van der Waals surface area contributed by atoms with Crippen LogP contribution >= 0.6 is 0 Å². The monoisotopic (exact) mass is 338 g/mol. The van der Waals surface area contributed by atoms with Crippen molar-refractivity contribution in [2.45, 2.75) is 78.2 Å². The Balaban J connectivity index is 5.33. The molecule has 0 rings (SSSR count).